The number of ether oxygens (including phenoxy) is 1. The van der Waals surface area contributed by atoms with E-state index in [0.29, 0.717) is 17.0 Å². The van der Waals surface area contributed by atoms with Crippen molar-refractivity contribution in [3.05, 3.63) is 35.4 Å². The van der Waals surface area contributed by atoms with E-state index in [0.717, 1.165) is 11.8 Å². The normalized spacial score (nSPS) is 25.8. The molecule has 5 heteroatoms. The average molecular weight is 326 g/mol. The van der Waals surface area contributed by atoms with Gasteiger partial charge in [-0.2, -0.15) is 5.26 Å². The second kappa shape index (κ2) is 7.04. The Morgan fingerprint density at radius 3 is 2.62 bits per heavy atom. The number of rotatable bonds is 5. The van der Waals surface area contributed by atoms with Gasteiger partial charge in [-0.3, -0.25) is 4.79 Å². The third kappa shape index (κ3) is 3.59. The Balaban J connectivity index is 1.45. The Morgan fingerprint density at radius 2 is 2.04 bits per heavy atom. The van der Waals surface area contributed by atoms with Crippen molar-refractivity contribution >= 4 is 11.9 Å². The van der Waals surface area contributed by atoms with Crippen LogP contribution in [0.4, 0.5) is 0 Å². The number of nitriles is 1. The van der Waals surface area contributed by atoms with E-state index in [9.17, 15) is 9.59 Å². The van der Waals surface area contributed by atoms with Gasteiger partial charge in [-0.05, 0) is 68.2 Å². The number of amides is 1. The van der Waals surface area contributed by atoms with Crippen LogP contribution in [0, 0.1) is 29.1 Å². The quantitative estimate of drug-likeness (QED) is 0.844. The highest BCUT2D eigenvalue weighted by molar-refractivity contribution is 5.91. The zero-order valence-electron chi connectivity index (χ0n) is 13.8. The molecule has 0 unspecified atom stereocenters. The zero-order valence-corrected chi connectivity index (χ0v) is 13.8. The molecule has 2 saturated carbocycles. The molecule has 24 heavy (non-hydrogen) atoms. The Hall–Kier alpha value is -2.35. The predicted octanol–water partition coefficient (Wildman–Crippen LogP) is 2.66. The molecule has 1 amide bonds. The summed E-state index contributed by atoms with van der Waals surface area (Å²) >= 11 is 0. The lowest BCUT2D eigenvalue weighted by Crippen LogP contribution is -2.42. The third-order valence-electron chi connectivity index (χ3n) is 5.41. The van der Waals surface area contributed by atoms with Crippen LogP contribution in [-0.2, 0) is 9.53 Å². The van der Waals surface area contributed by atoms with Gasteiger partial charge in [0.15, 0.2) is 6.61 Å². The van der Waals surface area contributed by atoms with E-state index >= 15 is 0 Å². The maximum atomic E-state index is 12.0. The van der Waals surface area contributed by atoms with Crippen LogP contribution in [0.15, 0.2) is 24.3 Å². The van der Waals surface area contributed by atoms with Gasteiger partial charge in [-0.25, -0.2) is 4.79 Å². The molecule has 0 aliphatic heterocycles. The molecule has 0 spiro atoms. The molecule has 1 aromatic carbocycles. The molecule has 2 aliphatic carbocycles. The highest BCUT2D eigenvalue weighted by atomic mass is 16.5. The van der Waals surface area contributed by atoms with E-state index in [2.05, 4.69) is 5.32 Å². The minimum atomic E-state index is -0.554. The number of hydrogen-bond donors (Lipinski definition) is 1. The Bertz CT molecular complexity index is 662. The number of nitrogens with one attached hydrogen (secondary N) is 1. The van der Waals surface area contributed by atoms with Crippen molar-refractivity contribution in [3.8, 4) is 6.07 Å². The lowest BCUT2D eigenvalue weighted by molar-refractivity contribution is -0.125. The standard InChI is InChI=1S/C19H22N2O3/c1-12(17-9-14-4-7-16(17)8-14)21-18(22)11-24-19(23)15-5-2-13(10-20)3-6-15/h2-3,5-6,12,14,16-17H,4,7-9,11H2,1H3,(H,21,22)/t12-,14-,16-,17+/m0/s1. The smallest absolute Gasteiger partial charge is 0.338 e. The first-order valence-electron chi connectivity index (χ1n) is 8.53. The monoisotopic (exact) mass is 326 g/mol. The molecule has 3 rings (SSSR count). The molecule has 1 N–H and O–H groups in total. The van der Waals surface area contributed by atoms with Crippen molar-refractivity contribution in [2.45, 2.75) is 38.6 Å². The number of hydrogen-bond acceptors (Lipinski definition) is 4. The van der Waals surface area contributed by atoms with Crippen LogP contribution in [-0.4, -0.2) is 24.5 Å². The van der Waals surface area contributed by atoms with E-state index < -0.39 is 5.97 Å². The van der Waals surface area contributed by atoms with Crippen molar-refractivity contribution in [2.75, 3.05) is 6.61 Å². The predicted molar refractivity (Wildman–Crippen MR) is 88.0 cm³/mol. The maximum Gasteiger partial charge on any atom is 0.338 e. The SMILES string of the molecule is C[C@H](NC(=O)COC(=O)c1ccc(C#N)cc1)[C@H]1C[C@H]2CC[C@H]1C2. The van der Waals surface area contributed by atoms with Gasteiger partial charge in [0.25, 0.3) is 5.91 Å². The van der Waals surface area contributed by atoms with Crippen LogP contribution in [0.25, 0.3) is 0 Å². The highest BCUT2D eigenvalue weighted by Crippen LogP contribution is 2.49. The molecular formula is C19H22N2O3. The van der Waals surface area contributed by atoms with Crippen LogP contribution in [0.2, 0.25) is 0 Å². The Labute approximate surface area is 142 Å². The molecule has 2 bridgehead atoms. The van der Waals surface area contributed by atoms with Crippen LogP contribution < -0.4 is 5.32 Å². The summed E-state index contributed by atoms with van der Waals surface area (Å²) in [6.45, 7) is 1.77. The molecule has 0 radical (unpaired) electrons. The van der Waals surface area contributed by atoms with Gasteiger partial charge >= 0.3 is 5.97 Å². The molecule has 126 valence electrons. The summed E-state index contributed by atoms with van der Waals surface area (Å²) in [5.74, 6) is 1.33. The first-order chi connectivity index (χ1) is 11.6. The number of carbonyl (C=O) groups is 2. The maximum absolute atomic E-state index is 12.0. The highest BCUT2D eigenvalue weighted by Gasteiger charge is 2.42. The first-order valence-corrected chi connectivity index (χ1v) is 8.53. The van der Waals surface area contributed by atoms with Crippen LogP contribution in [0.3, 0.4) is 0 Å². The van der Waals surface area contributed by atoms with E-state index in [1.807, 2.05) is 13.0 Å². The molecule has 2 aliphatic rings. The summed E-state index contributed by atoms with van der Waals surface area (Å²) in [6.07, 6.45) is 5.13. The summed E-state index contributed by atoms with van der Waals surface area (Å²) in [5.41, 5.74) is 0.812. The Morgan fingerprint density at radius 1 is 1.29 bits per heavy atom. The number of esters is 1. The van der Waals surface area contributed by atoms with Crippen molar-refractivity contribution < 1.29 is 14.3 Å². The average Bonchev–Trinajstić information content (AvgIpc) is 3.23. The fourth-order valence-corrected chi connectivity index (χ4v) is 4.20. The van der Waals surface area contributed by atoms with Gasteiger partial charge in [-0.15, -0.1) is 0 Å². The van der Waals surface area contributed by atoms with E-state index in [-0.39, 0.29) is 18.6 Å². The van der Waals surface area contributed by atoms with Crippen LogP contribution in [0.1, 0.15) is 48.5 Å². The number of nitrogens with zero attached hydrogens (tertiary/aromatic N) is 1. The molecule has 1 aromatic rings. The van der Waals surface area contributed by atoms with Gasteiger partial charge in [0.05, 0.1) is 17.2 Å². The molecule has 5 nitrogen and oxygen atoms in total. The molecule has 0 aromatic heterocycles. The molecule has 4 atom stereocenters. The third-order valence-corrected chi connectivity index (χ3v) is 5.41. The van der Waals surface area contributed by atoms with E-state index in [1.165, 1.54) is 37.8 Å². The van der Waals surface area contributed by atoms with Crippen LogP contribution in [0.5, 0.6) is 0 Å². The van der Waals surface area contributed by atoms with E-state index in [4.69, 9.17) is 10.00 Å². The van der Waals surface area contributed by atoms with E-state index in [1.54, 1.807) is 12.1 Å². The first kappa shape index (κ1) is 16.5. The van der Waals surface area contributed by atoms with Crippen molar-refractivity contribution in [1.82, 2.24) is 5.32 Å². The second-order valence-electron chi connectivity index (χ2n) is 6.96. The molecule has 0 saturated heterocycles. The summed E-state index contributed by atoms with van der Waals surface area (Å²) < 4.78 is 5.05. The fourth-order valence-electron chi connectivity index (χ4n) is 4.20. The van der Waals surface area contributed by atoms with Gasteiger partial charge in [0.2, 0.25) is 0 Å². The van der Waals surface area contributed by atoms with Crippen molar-refractivity contribution in [2.24, 2.45) is 17.8 Å². The van der Waals surface area contributed by atoms with Crippen molar-refractivity contribution in [1.29, 1.82) is 5.26 Å². The molecule has 2 fully saturated rings. The lowest BCUT2D eigenvalue weighted by Gasteiger charge is -2.28. The number of fused-ring (bicyclic) bond motifs is 2. The van der Waals surface area contributed by atoms with Gasteiger partial charge in [0.1, 0.15) is 0 Å². The molecule has 0 heterocycles. The van der Waals surface area contributed by atoms with Crippen LogP contribution >= 0.6 is 0 Å². The largest absolute Gasteiger partial charge is 0.452 e. The zero-order chi connectivity index (χ0) is 17.1. The van der Waals surface area contributed by atoms with Gasteiger partial charge in [0, 0.05) is 6.04 Å². The number of carbonyl (C=O) groups excluding carboxylic acids is 2. The summed E-state index contributed by atoms with van der Waals surface area (Å²) in [6, 6.07) is 8.26. The summed E-state index contributed by atoms with van der Waals surface area (Å²) in [4.78, 5) is 23.9. The fraction of sp³-hybridized carbons (Fsp3) is 0.526. The van der Waals surface area contributed by atoms with Gasteiger partial charge < -0.3 is 10.1 Å². The second-order valence-corrected chi connectivity index (χ2v) is 6.96. The number of benzene rings is 1. The summed E-state index contributed by atoms with van der Waals surface area (Å²) in [7, 11) is 0. The van der Waals surface area contributed by atoms with Crippen molar-refractivity contribution in [3.63, 3.8) is 0 Å². The summed E-state index contributed by atoms with van der Waals surface area (Å²) in [5, 5.41) is 11.7. The lowest BCUT2D eigenvalue weighted by atomic mass is 9.84. The Kier molecular flexibility index (Phi) is 4.84. The van der Waals surface area contributed by atoms with Gasteiger partial charge in [-0.1, -0.05) is 6.42 Å². The minimum absolute atomic E-state index is 0.126. The minimum Gasteiger partial charge on any atom is -0.452 e. The molecular weight excluding hydrogens is 304 g/mol. The topological polar surface area (TPSA) is 79.2 Å².